The predicted molar refractivity (Wildman–Crippen MR) is 167 cm³/mol. The Morgan fingerprint density at radius 2 is 1.88 bits per heavy atom. The summed E-state index contributed by atoms with van der Waals surface area (Å²) >= 11 is 1.23. The van der Waals surface area contributed by atoms with E-state index in [9.17, 15) is 14.7 Å². The zero-order valence-electron chi connectivity index (χ0n) is 25.6. The molecule has 0 aliphatic carbocycles. The van der Waals surface area contributed by atoms with E-state index in [1.165, 1.54) is 22.0 Å². The Balaban J connectivity index is 1.85. The number of aromatic hydroxyl groups is 1. The third kappa shape index (κ3) is 7.30. The lowest BCUT2D eigenvalue weighted by Crippen LogP contribution is -2.40. The van der Waals surface area contributed by atoms with Crippen molar-refractivity contribution < 1.29 is 28.8 Å². The van der Waals surface area contributed by atoms with Crippen LogP contribution in [0, 0.1) is 5.92 Å². The second kappa shape index (κ2) is 14.4. The van der Waals surface area contributed by atoms with Crippen molar-refractivity contribution in [1.29, 1.82) is 0 Å². The summed E-state index contributed by atoms with van der Waals surface area (Å²) in [5, 5.41) is 10.1. The molecule has 0 saturated carbocycles. The molecule has 1 aliphatic rings. The van der Waals surface area contributed by atoms with Crippen LogP contribution in [-0.4, -0.2) is 42.6 Å². The molecule has 0 radical (unpaired) electrons. The van der Waals surface area contributed by atoms with Crippen molar-refractivity contribution in [3.05, 3.63) is 78.5 Å². The zero-order valence-corrected chi connectivity index (χ0v) is 26.5. The van der Waals surface area contributed by atoms with Crippen molar-refractivity contribution in [3.8, 4) is 23.0 Å². The van der Waals surface area contributed by atoms with E-state index in [2.05, 4.69) is 11.9 Å². The first-order chi connectivity index (χ1) is 20.7. The lowest BCUT2D eigenvalue weighted by molar-refractivity contribution is -0.140. The Morgan fingerprint density at radius 3 is 2.58 bits per heavy atom. The van der Waals surface area contributed by atoms with Crippen LogP contribution in [0.1, 0.15) is 71.0 Å². The van der Waals surface area contributed by atoms with Gasteiger partial charge in [-0.2, -0.15) is 0 Å². The second-order valence-corrected chi connectivity index (χ2v) is 11.7. The van der Waals surface area contributed by atoms with E-state index in [4.69, 9.17) is 18.9 Å². The number of methoxy groups -OCH3 is 1. The summed E-state index contributed by atoms with van der Waals surface area (Å²) < 4.78 is 24.8. The molecule has 2 aromatic carbocycles. The molecular formula is C33H40N2O7S. The maximum absolute atomic E-state index is 14.0. The standard InChI is InChI=1S/C33H40N2O7S/c1-7-9-10-15-41-25-14-12-23(18-27(25)39-6)30-29(32(38)42-19-20(3)4)21(5)34-33-35(30)31(37)28(43-33)17-22-11-13-24(36)26(16-22)40-8-2/h11-14,16-18,20,30,36H,7-10,15,19H2,1-6H3/b28-17-. The summed E-state index contributed by atoms with van der Waals surface area (Å²) in [5.74, 6) is 1.07. The quantitative estimate of drug-likeness (QED) is 0.212. The number of fused-ring (bicyclic) bond motifs is 1. The lowest BCUT2D eigenvalue weighted by atomic mass is 9.95. The number of phenolic OH excluding ortho intramolecular Hbond substituents is 1. The van der Waals surface area contributed by atoms with Gasteiger partial charge in [-0.05, 0) is 67.7 Å². The largest absolute Gasteiger partial charge is 0.504 e. The van der Waals surface area contributed by atoms with Crippen LogP contribution >= 0.6 is 11.3 Å². The Labute approximate surface area is 255 Å². The molecule has 9 nitrogen and oxygen atoms in total. The zero-order chi connectivity index (χ0) is 31.1. The van der Waals surface area contributed by atoms with Crippen LogP contribution in [-0.2, 0) is 9.53 Å². The van der Waals surface area contributed by atoms with E-state index in [1.807, 2.05) is 32.9 Å². The van der Waals surface area contributed by atoms with Crippen LogP contribution in [0.5, 0.6) is 23.0 Å². The van der Waals surface area contributed by atoms with Gasteiger partial charge in [0.2, 0.25) is 0 Å². The van der Waals surface area contributed by atoms with E-state index in [0.29, 0.717) is 62.2 Å². The topological polar surface area (TPSA) is 109 Å². The lowest BCUT2D eigenvalue weighted by Gasteiger charge is -2.25. The first-order valence-corrected chi connectivity index (χ1v) is 15.5. The minimum absolute atomic E-state index is 0.0207. The highest BCUT2D eigenvalue weighted by molar-refractivity contribution is 7.07. The van der Waals surface area contributed by atoms with Crippen molar-refractivity contribution in [2.45, 2.75) is 59.9 Å². The Hall–Kier alpha value is -4.05. The molecule has 10 heteroatoms. The third-order valence-corrected chi connectivity index (χ3v) is 7.86. The van der Waals surface area contributed by atoms with Gasteiger partial charge in [-0.15, -0.1) is 0 Å². The third-order valence-electron chi connectivity index (χ3n) is 6.88. The maximum Gasteiger partial charge on any atom is 0.338 e. The van der Waals surface area contributed by atoms with Crippen LogP contribution < -0.4 is 29.1 Å². The van der Waals surface area contributed by atoms with E-state index in [-0.39, 0.29) is 23.8 Å². The van der Waals surface area contributed by atoms with Gasteiger partial charge >= 0.3 is 5.97 Å². The molecule has 0 fully saturated rings. The monoisotopic (exact) mass is 608 g/mol. The maximum atomic E-state index is 14.0. The van der Waals surface area contributed by atoms with Crippen LogP contribution in [0.3, 0.4) is 0 Å². The number of thiazole rings is 1. The van der Waals surface area contributed by atoms with Gasteiger partial charge in [0.05, 0.1) is 48.8 Å². The first-order valence-electron chi connectivity index (χ1n) is 14.6. The van der Waals surface area contributed by atoms with Crippen LogP contribution in [0.2, 0.25) is 0 Å². The number of rotatable bonds is 13. The molecule has 2 heterocycles. The number of aromatic nitrogens is 1. The van der Waals surface area contributed by atoms with Gasteiger partial charge in [0.1, 0.15) is 0 Å². The fraction of sp³-hybridized carbons (Fsp3) is 0.424. The van der Waals surface area contributed by atoms with E-state index < -0.39 is 12.0 Å². The minimum atomic E-state index is -0.792. The van der Waals surface area contributed by atoms with Crippen molar-refractivity contribution in [1.82, 2.24) is 4.57 Å². The molecule has 0 spiro atoms. The molecule has 1 aromatic heterocycles. The van der Waals surface area contributed by atoms with Gasteiger partial charge in [0, 0.05) is 0 Å². The fourth-order valence-electron chi connectivity index (χ4n) is 4.77. The van der Waals surface area contributed by atoms with Crippen LogP contribution in [0.25, 0.3) is 6.08 Å². The number of carbonyl (C=O) groups is 1. The number of hydrogen-bond donors (Lipinski definition) is 1. The number of benzene rings is 2. The number of esters is 1. The molecule has 3 aromatic rings. The number of allylic oxidation sites excluding steroid dienone is 1. The normalized spacial score (nSPS) is 14.9. The number of ether oxygens (including phenoxy) is 4. The first kappa shape index (κ1) is 31.9. The molecule has 1 N–H and O–H groups in total. The summed E-state index contributed by atoms with van der Waals surface area (Å²) in [6.45, 7) is 10.8. The Bertz CT molecular complexity index is 1670. The summed E-state index contributed by atoms with van der Waals surface area (Å²) in [4.78, 5) is 32.7. The number of carbonyl (C=O) groups excluding carboxylic acids is 1. The smallest absolute Gasteiger partial charge is 0.338 e. The molecule has 4 rings (SSSR count). The van der Waals surface area contributed by atoms with Crippen molar-refractivity contribution in [3.63, 3.8) is 0 Å². The van der Waals surface area contributed by atoms with Gasteiger partial charge in [-0.1, -0.05) is 57.1 Å². The van der Waals surface area contributed by atoms with Crippen LogP contribution in [0.4, 0.5) is 0 Å². The predicted octanol–water partition coefficient (Wildman–Crippen LogP) is 5.12. The molecular weight excluding hydrogens is 568 g/mol. The highest BCUT2D eigenvalue weighted by Crippen LogP contribution is 2.36. The summed E-state index contributed by atoms with van der Waals surface area (Å²) in [6, 6.07) is 9.59. The molecule has 43 heavy (non-hydrogen) atoms. The molecule has 230 valence electrons. The van der Waals surface area contributed by atoms with E-state index in [0.717, 1.165) is 19.3 Å². The van der Waals surface area contributed by atoms with E-state index >= 15 is 0 Å². The van der Waals surface area contributed by atoms with Crippen LogP contribution in [0.15, 0.2) is 57.5 Å². The second-order valence-electron chi connectivity index (χ2n) is 10.7. The number of phenols is 1. The highest BCUT2D eigenvalue weighted by Gasteiger charge is 2.34. The molecule has 1 unspecified atom stereocenters. The number of hydrogen-bond acceptors (Lipinski definition) is 9. The minimum Gasteiger partial charge on any atom is -0.504 e. The number of nitrogens with zero attached hydrogens (tertiary/aromatic N) is 2. The summed E-state index contributed by atoms with van der Waals surface area (Å²) in [6.07, 6.45) is 4.81. The van der Waals surface area contributed by atoms with Gasteiger partial charge < -0.3 is 24.1 Å². The summed E-state index contributed by atoms with van der Waals surface area (Å²) in [5.41, 5.74) is 1.82. The molecule has 0 bridgehead atoms. The Morgan fingerprint density at radius 1 is 1.09 bits per heavy atom. The van der Waals surface area contributed by atoms with Gasteiger partial charge in [-0.3, -0.25) is 9.36 Å². The SMILES string of the molecule is CCCCCOc1ccc(C2C(C(=O)OCC(C)C)=C(C)N=c3s/c(=C\c4ccc(O)c(OCC)c4)c(=O)n32)cc1OC. The summed E-state index contributed by atoms with van der Waals surface area (Å²) in [7, 11) is 1.57. The average molecular weight is 609 g/mol. The van der Waals surface area contributed by atoms with Crippen molar-refractivity contribution in [2.75, 3.05) is 26.9 Å². The number of unbranched alkanes of at least 4 members (excludes halogenated alkanes) is 2. The average Bonchev–Trinajstić information content (AvgIpc) is 3.29. The Kier molecular flexibility index (Phi) is 10.7. The van der Waals surface area contributed by atoms with Gasteiger partial charge in [0.25, 0.3) is 5.56 Å². The van der Waals surface area contributed by atoms with Crippen molar-refractivity contribution >= 4 is 23.4 Å². The fourth-order valence-corrected chi connectivity index (χ4v) is 5.82. The molecule has 0 saturated heterocycles. The molecule has 1 aliphatic heterocycles. The van der Waals surface area contributed by atoms with Crippen molar-refractivity contribution in [2.24, 2.45) is 10.9 Å². The van der Waals surface area contributed by atoms with Gasteiger partial charge in [0.15, 0.2) is 27.8 Å². The molecule has 1 atom stereocenters. The highest BCUT2D eigenvalue weighted by atomic mass is 32.1. The van der Waals surface area contributed by atoms with E-state index in [1.54, 1.807) is 38.3 Å². The molecule has 0 amide bonds. The van der Waals surface area contributed by atoms with Gasteiger partial charge in [-0.25, -0.2) is 9.79 Å².